The summed E-state index contributed by atoms with van der Waals surface area (Å²) in [7, 11) is 0. The van der Waals surface area contributed by atoms with Gasteiger partial charge in [-0.15, -0.1) is 0 Å². The van der Waals surface area contributed by atoms with Crippen LogP contribution in [0.15, 0.2) is 30.3 Å². The van der Waals surface area contributed by atoms with Gasteiger partial charge in [-0.1, -0.05) is 30.3 Å². The van der Waals surface area contributed by atoms with Gasteiger partial charge in [0, 0.05) is 13.1 Å². The Kier molecular flexibility index (Phi) is 7.57. The number of rotatable bonds is 8. The highest BCUT2D eigenvalue weighted by Gasteiger charge is 2.20. The second kappa shape index (κ2) is 9.25. The number of benzene rings is 1. The molecule has 0 bridgehead atoms. The van der Waals surface area contributed by atoms with Crippen molar-refractivity contribution in [2.24, 2.45) is 0 Å². The summed E-state index contributed by atoms with van der Waals surface area (Å²) in [5.74, 6) is -0.686. The smallest absolute Gasteiger partial charge is 0.314 e. The van der Waals surface area contributed by atoms with Gasteiger partial charge in [-0.3, -0.25) is 4.79 Å². The molecule has 0 saturated carbocycles. The lowest BCUT2D eigenvalue weighted by molar-refractivity contribution is -0.138. The highest BCUT2D eigenvalue weighted by molar-refractivity contribution is 7.98. The Labute approximate surface area is 123 Å². The highest BCUT2D eigenvalue weighted by atomic mass is 32.2. The largest absolute Gasteiger partial charge is 0.481 e. The minimum absolute atomic E-state index is 0.0771. The van der Waals surface area contributed by atoms with Crippen LogP contribution in [0, 0.1) is 0 Å². The van der Waals surface area contributed by atoms with Crippen LogP contribution in [-0.4, -0.2) is 42.2 Å². The quantitative estimate of drug-likeness (QED) is 0.640. The first-order valence-corrected chi connectivity index (χ1v) is 7.83. The molecule has 6 heteroatoms. The summed E-state index contributed by atoms with van der Waals surface area (Å²) in [4.78, 5) is 22.8. The number of carbonyl (C=O) groups is 2. The second-order valence-corrected chi connectivity index (χ2v) is 5.27. The van der Waals surface area contributed by atoms with E-state index in [-0.39, 0.29) is 12.6 Å². The van der Waals surface area contributed by atoms with Gasteiger partial charge in [-0.2, -0.15) is 11.8 Å². The SMILES string of the molecule is CSCCCNC(=O)NCC(C(=O)O)c1ccccc1. The molecular weight excluding hydrogens is 276 g/mol. The van der Waals surface area contributed by atoms with Crippen LogP contribution in [0.1, 0.15) is 17.9 Å². The summed E-state index contributed by atoms with van der Waals surface area (Å²) < 4.78 is 0. The van der Waals surface area contributed by atoms with Gasteiger partial charge in [-0.05, 0) is 24.0 Å². The highest BCUT2D eigenvalue weighted by Crippen LogP contribution is 2.14. The summed E-state index contributed by atoms with van der Waals surface area (Å²) in [5, 5.41) is 14.5. The zero-order valence-corrected chi connectivity index (χ0v) is 12.3. The molecule has 0 aliphatic rings. The van der Waals surface area contributed by atoms with Crippen molar-refractivity contribution in [1.82, 2.24) is 10.6 Å². The predicted octanol–water partition coefficient (Wildman–Crippen LogP) is 1.91. The zero-order chi connectivity index (χ0) is 14.8. The van der Waals surface area contributed by atoms with E-state index in [0.29, 0.717) is 12.1 Å². The zero-order valence-electron chi connectivity index (χ0n) is 11.5. The Bertz CT molecular complexity index is 426. The fourth-order valence-corrected chi connectivity index (χ4v) is 2.14. The minimum atomic E-state index is -0.945. The van der Waals surface area contributed by atoms with Crippen LogP contribution in [0.4, 0.5) is 4.79 Å². The number of carboxylic acids is 1. The van der Waals surface area contributed by atoms with Gasteiger partial charge < -0.3 is 15.7 Å². The number of carboxylic acid groups (broad SMARTS) is 1. The van der Waals surface area contributed by atoms with Gasteiger partial charge in [-0.25, -0.2) is 4.79 Å². The number of urea groups is 1. The van der Waals surface area contributed by atoms with E-state index in [2.05, 4.69) is 10.6 Å². The number of aliphatic carboxylic acids is 1. The third-order valence-corrected chi connectivity index (χ3v) is 3.47. The molecule has 0 aromatic heterocycles. The molecule has 0 heterocycles. The summed E-state index contributed by atoms with van der Waals surface area (Å²) in [6.45, 7) is 0.670. The predicted molar refractivity (Wildman–Crippen MR) is 81.2 cm³/mol. The molecule has 0 aliphatic carbocycles. The van der Waals surface area contributed by atoms with Crippen molar-refractivity contribution >= 4 is 23.8 Å². The van der Waals surface area contributed by atoms with Crippen molar-refractivity contribution in [2.75, 3.05) is 25.1 Å². The lowest BCUT2D eigenvalue weighted by atomic mass is 9.99. The van der Waals surface area contributed by atoms with Gasteiger partial charge in [0.1, 0.15) is 0 Å². The molecule has 0 radical (unpaired) electrons. The number of amides is 2. The molecule has 5 nitrogen and oxygen atoms in total. The van der Waals surface area contributed by atoms with Crippen molar-refractivity contribution in [3.05, 3.63) is 35.9 Å². The standard InChI is InChI=1S/C14H20N2O3S/c1-20-9-5-8-15-14(19)16-10-12(13(17)18)11-6-3-2-4-7-11/h2-4,6-7,12H,5,8-10H2,1H3,(H,17,18)(H2,15,16,19). The third kappa shape index (κ3) is 5.97. The first-order valence-electron chi connectivity index (χ1n) is 6.43. The van der Waals surface area contributed by atoms with Gasteiger partial charge >= 0.3 is 12.0 Å². The molecule has 1 aromatic carbocycles. The maximum Gasteiger partial charge on any atom is 0.314 e. The van der Waals surface area contributed by atoms with Gasteiger partial charge in [0.25, 0.3) is 0 Å². The molecule has 0 fully saturated rings. The first kappa shape index (κ1) is 16.4. The molecule has 20 heavy (non-hydrogen) atoms. The Morgan fingerprint density at radius 2 is 1.95 bits per heavy atom. The Balaban J connectivity index is 2.40. The van der Waals surface area contributed by atoms with Gasteiger partial charge in [0.2, 0.25) is 0 Å². The molecule has 1 aromatic rings. The minimum Gasteiger partial charge on any atom is -0.481 e. The first-order chi connectivity index (χ1) is 9.65. The third-order valence-electron chi connectivity index (χ3n) is 2.78. The van der Waals surface area contributed by atoms with Crippen LogP contribution in [-0.2, 0) is 4.79 Å². The summed E-state index contributed by atoms with van der Waals surface area (Å²) in [6.07, 6.45) is 2.91. The molecule has 2 amide bonds. The topological polar surface area (TPSA) is 78.4 Å². The van der Waals surface area contributed by atoms with E-state index in [0.717, 1.165) is 12.2 Å². The van der Waals surface area contributed by atoms with Crippen LogP contribution >= 0.6 is 11.8 Å². The number of hydrogen-bond donors (Lipinski definition) is 3. The number of hydrogen-bond acceptors (Lipinski definition) is 3. The van der Waals surface area contributed by atoms with E-state index in [4.69, 9.17) is 0 Å². The van der Waals surface area contributed by atoms with Crippen molar-refractivity contribution in [3.63, 3.8) is 0 Å². The van der Waals surface area contributed by atoms with Crippen molar-refractivity contribution in [3.8, 4) is 0 Å². The van der Waals surface area contributed by atoms with Crippen molar-refractivity contribution in [1.29, 1.82) is 0 Å². The number of nitrogens with one attached hydrogen (secondary N) is 2. The number of thioether (sulfide) groups is 1. The van der Waals surface area contributed by atoms with Gasteiger partial charge in [0.05, 0.1) is 5.92 Å². The maximum atomic E-state index is 11.5. The molecule has 1 atom stereocenters. The average molecular weight is 296 g/mol. The van der Waals surface area contributed by atoms with Crippen LogP contribution < -0.4 is 10.6 Å². The molecule has 0 saturated heterocycles. The molecule has 3 N–H and O–H groups in total. The lowest BCUT2D eigenvalue weighted by Crippen LogP contribution is -2.39. The molecule has 0 aliphatic heterocycles. The van der Waals surface area contributed by atoms with Crippen LogP contribution in [0.2, 0.25) is 0 Å². The summed E-state index contributed by atoms with van der Waals surface area (Å²) in [6, 6.07) is 8.57. The molecule has 0 spiro atoms. The fraction of sp³-hybridized carbons (Fsp3) is 0.429. The van der Waals surface area contributed by atoms with Crippen LogP contribution in [0.3, 0.4) is 0 Å². The van der Waals surface area contributed by atoms with E-state index in [1.807, 2.05) is 12.3 Å². The Hall–Kier alpha value is -1.69. The van der Waals surface area contributed by atoms with E-state index in [9.17, 15) is 14.7 Å². The van der Waals surface area contributed by atoms with E-state index in [1.165, 1.54) is 0 Å². The number of carbonyl (C=O) groups excluding carboxylic acids is 1. The second-order valence-electron chi connectivity index (χ2n) is 4.28. The molecule has 1 rings (SSSR count). The van der Waals surface area contributed by atoms with E-state index >= 15 is 0 Å². The van der Waals surface area contributed by atoms with E-state index in [1.54, 1.807) is 36.0 Å². The van der Waals surface area contributed by atoms with Crippen LogP contribution in [0.25, 0.3) is 0 Å². The normalized spacial score (nSPS) is 11.7. The molecule has 110 valence electrons. The van der Waals surface area contributed by atoms with Crippen molar-refractivity contribution in [2.45, 2.75) is 12.3 Å². The van der Waals surface area contributed by atoms with E-state index < -0.39 is 11.9 Å². The summed E-state index contributed by atoms with van der Waals surface area (Å²) >= 11 is 1.72. The average Bonchev–Trinajstić information content (AvgIpc) is 2.44. The van der Waals surface area contributed by atoms with Crippen molar-refractivity contribution < 1.29 is 14.7 Å². The monoisotopic (exact) mass is 296 g/mol. The maximum absolute atomic E-state index is 11.5. The molecule has 1 unspecified atom stereocenters. The Morgan fingerprint density at radius 1 is 1.25 bits per heavy atom. The molecular formula is C14H20N2O3S. The lowest BCUT2D eigenvalue weighted by Gasteiger charge is -2.14. The Morgan fingerprint density at radius 3 is 2.55 bits per heavy atom. The van der Waals surface area contributed by atoms with Gasteiger partial charge in [0.15, 0.2) is 0 Å². The fourth-order valence-electron chi connectivity index (χ4n) is 1.71. The summed E-state index contributed by atoms with van der Waals surface area (Å²) in [5.41, 5.74) is 0.683. The van der Waals surface area contributed by atoms with Crippen LogP contribution in [0.5, 0.6) is 0 Å².